The number of aromatic amines is 1. The number of benzene rings is 1. The third-order valence-electron chi connectivity index (χ3n) is 3.38. The van der Waals surface area contributed by atoms with Crippen molar-refractivity contribution in [3.05, 3.63) is 64.9 Å². The zero-order chi connectivity index (χ0) is 16.6. The highest BCUT2D eigenvalue weighted by molar-refractivity contribution is 6.13. The van der Waals surface area contributed by atoms with E-state index in [1.165, 1.54) is 36.5 Å². The number of nitrogens with one attached hydrogen (secondary N) is 1. The number of H-pyrrole nitrogens is 1. The fourth-order valence-electron chi connectivity index (χ4n) is 2.24. The smallest absolute Gasteiger partial charge is 0.352 e. The summed E-state index contributed by atoms with van der Waals surface area (Å²) in [7, 11) is 0. The summed E-state index contributed by atoms with van der Waals surface area (Å²) in [5, 5.41) is 12.8. The van der Waals surface area contributed by atoms with Crippen molar-refractivity contribution in [2.75, 3.05) is 0 Å². The Morgan fingerprint density at radius 1 is 1.26 bits per heavy atom. The van der Waals surface area contributed by atoms with Gasteiger partial charge in [0, 0.05) is 17.3 Å². The Hall–Kier alpha value is -3.22. The number of halogens is 1. The van der Waals surface area contributed by atoms with E-state index in [2.05, 4.69) is 10.1 Å². The topological polar surface area (TPSA) is 96.2 Å². The van der Waals surface area contributed by atoms with Gasteiger partial charge in [0.05, 0.1) is 5.56 Å². The Bertz CT molecular complexity index is 893. The number of ketones is 1. The minimum absolute atomic E-state index is 0.0919. The lowest BCUT2D eigenvalue weighted by Crippen LogP contribution is -2.03. The van der Waals surface area contributed by atoms with Crippen molar-refractivity contribution >= 4 is 11.8 Å². The highest BCUT2D eigenvalue weighted by Gasteiger charge is 2.24. The standard InChI is InChI=1S/C16H11FN2O4/c1-8-13(15(20)10-6-12(16(21)22)18-7-10)14(19-23-8)9-2-4-11(17)5-3-9/h2-7,18H,1H3,(H,21,22). The first-order chi connectivity index (χ1) is 11.0. The van der Waals surface area contributed by atoms with Crippen LogP contribution in [0.4, 0.5) is 4.39 Å². The molecule has 7 heteroatoms. The monoisotopic (exact) mass is 314 g/mol. The fourth-order valence-corrected chi connectivity index (χ4v) is 2.24. The first-order valence-corrected chi connectivity index (χ1v) is 6.66. The van der Waals surface area contributed by atoms with Crippen LogP contribution >= 0.6 is 0 Å². The molecule has 0 amide bonds. The van der Waals surface area contributed by atoms with Gasteiger partial charge >= 0.3 is 5.97 Å². The largest absolute Gasteiger partial charge is 0.477 e. The molecule has 116 valence electrons. The van der Waals surface area contributed by atoms with Crippen molar-refractivity contribution in [3.63, 3.8) is 0 Å². The summed E-state index contributed by atoms with van der Waals surface area (Å²) >= 11 is 0. The lowest BCUT2D eigenvalue weighted by atomic mass is 9.99. The minimum atomic E-state index is -1.16. The van der Waals surface area contributed by atoms with Gasteiger partial charge in [-0.2, -0.15) is 0 Å². The molecule has 6 nitrogen and oxygen atoms in total. The Kier molecular flexibility index (Phi) is 3.53. The number of nitrogens with zero attached hydrogens (tertiary/aromatic N) is 1. The number of carbonyl (C=O) groups is 2. The number of hydrogen-bond acceptors (Lipinski definition) is 4. The van der Waals surface area contributed by atoms with Crippen molar-refractivity contribution < 1.29 is 23.6 Å². The van der Waals surface area contributed by atoms with Crippen LogP contribution in [0.2, 0.25) is 0 Å². The van der Waals surface area contributed by atoms with Crippen molar-refractivity contribution in [2.45, 2.75) is 6.92 Å². The van der Waals surface area contributed by atoms with Gasteiger partial charge in [-0.3, -0.25) is 4.79 Å². The average molecular weight is 314 g/mol. The first kappa shape index (κ1) is 14.7. The molecule has 0 aliphatic carbocycles. The second-order valence-corrected chi connectivity index (χ2v) is 4.91. The number of carboxylic acids is 1. The zero-order valence-corrected chi connectivity index (χ0v) is 12.0. The van der Waals surface area contributed by atoms with Gasteiger partial charge in [0.2, 0.25) is 0 Å². The summed E-state index contributed by atoms with van der Waals surface area (Å²) in [6.07, 6.45) is 1.31. The molecule has 0 aliphatic heterocycles. The van der Waals surface area contributed by atoms with E-state index >= 15 is 0 Å². The predicted molar refractivity (Wildman–Crippen MR) is 77.8 cm³/mol. The van der Waals surface area contributed by atoms with E-state index in [0.717, 1.165) is 0 Å². The normalized spacial score (nSPS) is 10.7. The molecule has 0 saturated carbocycles. The summed E-state index contributed by atoms with van der Waals surface area (Å²) in [4.78, 5) is 26.1. The Morgan fingerprint density at radius 2 is 1.96 bits per heavy atom. The molecule has 3 aromatic rings. The molecule has 2 N–H and O–H groups in total. The molecule has 0 radical (unpaired) electrons. The highest BCUT2D eigenvalue weighted by atomic mass is 19.1. The van der Waals surface area contributed by atoms with Gasteiger partial charge in [-0.25, -0.2) is 9.18 Å². The van der Waals surface area contributed by atoms with Crippen molar-refractivity contribution in [1.29, 1.82) is 0 Å². The third kappa shape index (κ3) is 2.64. The number of aryl methyl sites for hydroxylation is 1. The van der Waals surface area contributed by atoms with Crippen molar-refractivity contribution in [3.8, 4) is 11.3 Å². The van der Waals surface area contributed by atoms with E-state index < -0.39 is 17.6 Å². The Morgan fingerprint density at radius 3 is 2.57 bits per heavy atom. The first-order valence-electron chi connectivity index (χ1n) is 6.66. The van der Waals surface area contributed by atoms with Gasteiger partial charge in [0.1, 0.15) is 23.0 Å². The van der Waals surface area contributed by atoms with E-state index in [0.29, 0.717) is 11.3 Å². The van der Waals surface area contributed by atoms with Crippen LogP contribution in [0.5, 0.6) is 0 Å². The molecule has 2 aromatic heterocycles. The van der Waals surface area contributed by atoms with Crippen LogP contribution in [-0.2, 0) is 0 Å². The molecule has 2 heterocycles. The van der Waals surface area contributed by atoms with E-state index in [1.807, 2.05) is 0 Å². The van der Waals surface area contributed by atoms with Gasteiger partial charge in [0.15, 0.2) is 5.78 Å². The zero-order valence-electron chi connectivity index (χ0n) is 12.0. The van der Waals surface area contributed by atoms with E-state index in [-0.39, 0.29) is 22.5 Å². The maximum absolute atomic E-state index is 13.0. The summed E-state index contributed by atoms with van der Waals surface area (Å²) in [6, 6.07) is 6.73. The van der Waals surface area contributed by atoms with Gasteiger partial charge in [-0.05, 0) is 37.3 Å². The molecule has 1 aromatic carbocycles. The van der Waals surface area contributed by atoms with Gasteiger partial charge in [-0.1, -0.05) is 5.16 Å². The molecule has 0 spiro atoms. The molecule has 0 saturated heterocycles. The lowest BCUT2D eigenvalue weighted by molar-refractivity contribution is 0.0691. The van der Waals surface area contributed by atoms with E-state index in [9.17, 15) is 14.0 Å². The number of hydrogen-bond donors (Lipinski definition) is 2. The average Bonchev–Trinajstić information content (AvgIpc) is 3.14. The van der Waals surface area contributed by atoms with Crippen LogP contribution in [0.1, 0.15) is 32.2 Å². The minimum Gasteiger partial charge on any atom is -0.477 e. The maximum atomic E-state index is 13.0. The molecular formula is C16H11FN2O4. The van der Waals surface area contributed by atoms with E-state index in [1.54, 1.807) is 6.92 Å². The van der Waals surface area contributed by atoms with Crippen molar-refractivity contribution in [1.82, 2.24) is 10.1 Å². The third-order valence-corrected chi connectivity index (χ3v) is 3.38. The number of aromatic carboxylic acids is 1. The van der Waals surface area contributed by atoms with E-state index in [4.69, 9.17) is 9.63 Å². The second kappa shape index (κ2) is 5.53. The maximum Gasteiger partial charge on any atom is 0.352 e. The van der Waals surface area contributed by atoms with Crippen LogP contribution in [0.15, 0.2) is 41.1 Å². The number of rotatable bonds is 4. The van der Waals surface area contributed by atoms with Crippen LogP contribution in [0, 0.1) is 12.7 Å². The molecule has 0 bridgehead atoms. The molecule has 0 atom stereocenters. The summed E-state index contributed by atoms with van der Waals surface area (Å²) < 4.78 is 18.1. The summed E-state index contributed by atoms with van der Waals surface area (Å²) in [5.74, 6) is -1.69. The Labute approximate surface area is 129 Å². The molecule has 23 heavy (non-hydrogen) atoms. The predicted octanol–water partition coefficient (Wildman–Crippen LogP) is 3.05. The van der Waals surface area contributed by atoms with Crippen LogP contribution in [-0.4, -0.2) is 27.0 Å². The molecule has 0 unspecified atom stereocenters. The Balaban J connectivity index is 2.05. The van der Waals surface area contributed by atoms with Crippen LogP contribution in [0.25, 0.3) is 11.3 Å². The SMILES string of the molecule is Cc1onc(-c2ccc(F)cc2)c1C(=O)c1c[nH]c(C(=O)O)c1. The summed E-state index contributed by atoms with van der Waals surface area (Å²) in [6.45, 7) is 1.58. The number of carboxylic acid groups (broad SMARTS) is 1. The molecular weight excluding hydrogens is 303 g/mol. The van der Waals surface area contributed by atoms with Crippen LogP contribution in [0.3, 0.4) is 0 Å². The second-order valence-electron chi connectivity index (χ2n) is 4.91. The lowest BCUT2D eigenvalue weighted by Gasteiger charge is -2.01. The molecule has 3 rings (SSSR count). The molecule has 0 fully saturated rings. The van der Waals surface area contributed by atoms with Gasteiger partial charge in [-0.15, -0.1) is 0 Å². The highest BCUT2D eigenvalue weighted by Crippen LogP contribution is 2.27. The summed E-state index contributed by atoms with van der Waals surface area (Å²) in [5.41, 5.74) is 1.11. The van der Waals surface area contributed by atoms with Gasteiger partial charge < -0.3 is 14.6 Å². The number of carbonyl (C=O) groups excluding carboxylic acids is 1. The van der Waals surface area contributed by atoms with Crippen molar-refractivity contribution in [2.24, 2.45) is 0 Å². The fraction of sp³-hybridized carbons (Fsp3) is 0.0625. The number of aromatic nitrogens is 2. The van der Waals surface area contributed by atoms with Crippen LogP contribution < -0.4 is 0 Å². The quantitative estimate of drug-likeness (QED) is 0.721. The molecule has 0 aliphatic rings. The van der Waals surface area contributed by atoms with Gasteiger partial charge in [0.25, 0.3) is 0 Å².